The van der Waals surface area contributed by atoms with Gasteiger partial charge in [0.25, 0.3) is 0 Å². The lowest BCUT2D eigenvalue weighted by Gasteiger charge is -2.14. The average molecular weight is 375 g/mol. The van der Waals surface area contributed by atoms with Gasteiger partial charge < -0.3 is 10.6 Å². The highest BCUT2D eigenvalue weighted by Gasteiger charge is 2.27. The monoisotopic (exact) mass is 375 g/mol. The lowest BCUT2D eigenvalue weighted by molar-refractivity contribution is -0.136. The molecule has 1 heterocycles. The fourth-order valence-electron chi connectivity index (χ4n) is 2.31. The molecule has 1 aromatic carbocycles. The number of carbonyl (C=O) groups excluding carboxylic acids is 2. The third-order valence-electron chi connectivity index (χ3n) is 3.48. The van der Waals surface area contributed by atoms with Gasteiger partial charge in [-0.15, -0.1) is 11.8 Å². The first-order valence-electron chi connectivity index (χ1n) is 7.24. The number of anilines is 1. The standard InChI is InChI=1S/C14H18FN3O4S2/c1-23-12-10(15)4-2-5-11(12)17-14(20)13(19)16-6-8-18-7-3-9-24(18,21)22/h2,4-5H,3,6-9H2,1H3,(H,16,19)(H,17,20). The molecular weight excluding hydrogens is 357 g/mol. The Morgan fingerprint density at radius 1 is 1.33 bits per heavy atom. The van der Waals surface area contributed by atoms with Gasteiger partial charge in [0, 0.05) is 19.6 Å². The van der Waals surface area contributed by atoms with Crippen molar-refractivity contribution in [2.75, 3.05) is 37.0 Å². The van der Waals surface area contributed by atoms with Crippen LogP contribution in [0.25, 0.3) is 0 Å². The van der Waals surface area contributed by atoms with Gasteiger partial charge in [0.05, 0.1) is 16.3 Å². The first-order valence-corrected chi connectivity index (χ1v) is 10.1. The number of nitrogens with one attached hydrogen (secondary N) is 2. The molecule has 1 saturated heterocycles. The topological polar surface area (TPSA) is 95.6 Å². The molecule has 1 aromatic rings. The predicted octanol–water partition coefficient (Wildman–Crippen LogP) is 0.638. The summed E-state index contributed by atoms with van der Waals surface area (Å²) in [5.74, 6) is -2.21. The van der Waals surface area contributed by atoms with Gasteiger partial charge in [-0.3, -0.25) is 9.59 Å². The van der Waals surface area contributed by atoms with Gasteiger partial charge in [-0.2, -0.15) is 0 Å². The van der Waals surface area contributed by atoms with Crippen LogP contribution in [0.15, 0.2) is 23.1 Å². The Morgan fingerprint density at radius 3 is 2.71 bits per heavy atom. The molecule has 2 rings (SSSR count). The molecule has 2 N–H and O–H groups in total. The van der Waals surface area contributed by atoms with E-state index in [-0.39, 0.29) is 29.4 Å². The fourth-order valence-corrected chi connectivity index (χ4v) is 4.44. The van der Waals surface area contributed by atoms with Crippen molar-refractivity contribution < 1.29 is 22.4 Å². The van der Waals surface area contributed by atoms with Crippen LogP contribution < -0.4 is 10.6 Å². The molecule has 0 bridgehead atoms. The van der Waals surface area contributed by atoms with Gasteiger partial charge in [-0.05, 0) is 24.8 Å². The van der Waals surface area contributed by atoms with Gasteiger partial charge in [0.2, 0.25) is 10.0 Å². The van der Waals surface area contributed by atoms with Crippen molar-refractivity contribution >= 4 is 39.3 Å². The number of hydrogen-bond donors (Lipinski definition) is 2. The zero-order valence-electron chi connectivity index (χ0n) is 13.0. The number of thioether (sulfide) groups is 1. The second kappa shape index (κ2) is 7.95. The van der Waals surface area contributed by atoms with Crippen LogP contribution in [0.5, 0.6) is 0 Å². The Bertz CT molecular complexity index is 740. The lowest BCUT2D eigenvalue weighted by atomic mass is 10.3. The van der Waals surface area contributed by atoms with Crippen molar-refractivity contribution in [1.29, 1.82) is 0 Å². The summed E-state index contributed by atoms with van der Waals surface area (Å²) < 4.78 is 38.1. The van der Waals surface area contributed by atoms with Crippen LogP contribution in [0, 0.1) is 5.82 Å². The zero-order valence-corrected chi connectivity index (χ0v) is 14.7. The Hall–Kier alpha value is -1.65. The molecule has 1 fully saturated rings. The normalized spacial score (nSPS) is 16.8. The molecule has 10 heteroatoms. The van der Waals surface area contributed by atoms with E-state index < -0.39 is 27.7 Å². The summed E-state index contributed by atoms with van der Waals surface area (Å²) >= 11 is 1.12. The van der Waals surface area contributed by atoms with Crippen molar-refractivity contribution in [3.05, 3.63) is 24.0 Å². The second-order valence-corrected chi connectivity index (χ2v) is 8.00. The van der Waals surface area contributed by atoms with E-state index in [1.807, 2.05) is 0 Å². The largest absolute Gasteiger partial charge is 0.347 e. The number of benzene rings is 1. The van der Waals surface area contributed by atoms with Gasteiger partial charge in [-0.25, -0.2) is 17.1 Å². The minimum atomic E-state index is -3.23. The van der Waals surface area contributed by atoms with E-state index in [2.05, 4.69) is 10.6 Å². The molecule has 2 amide bonds. The molecule has 1 aliphatic heterocycles. The molecule has 7 nitrogen and oxygen atoms in total. The van der Waals surface area contributed by atoms with E-state index in [1.54, 1.807) is 6.26 Å². The van der Waals surface area contributed by atoms with Gasteiger partial charge in [-0.1, -0.05) is 6.07 Å². The Morgan fingerprint density at radius 2 is 2.08 bits per heavy atom. The highest BCUT2D eigenvalue weighted by atomic mass is 32.2. The summed E-state index contributed by atoms with van der Waals surface area (Å²) in [5, 5.41) is 4.71. The molecule has 0 unspecified atom stereocenters. The fraction of sp³-hybridized carbons (Fsp3) is 0.429. The van der Waals surface area contributed by atoms with Crippen LogP contribution in [-0.2, 0) is 19.6 Å². The summed E-state index contributed by atoms with van der Waals surface area (Å²) in [7, 11) is -3.23. The summed E-state index contributed by atoms with van der Waals surface area (Å²) in [6.07, 6.45) is 2.22. The quantitative estimate of drug-likeness (QED) is 0.582. The number of nitrogens with zero attached hydrogens (tertiary/aromatic N) is 1. The summed E-state index contributed by atoms with van der Waals surface area (Å²) in [4.78, 5) is 23.9. The van der Waals surface area contributed by atoms with E-state index in [1.165, 1.54) is 22.5 Å². The van der Waals surface area contributed by atoms with Crippen molar-refractivity contribution in [1.82, 2.24) is 9.62 Å². The van der Waals surface area contributed by atoms with Crippen LogP contribution in [0.1, 0.15) is 6.42 Å². The maximum absolute atomic E-state index is 13.6. The van der Waals surface area contributed by atoms with Crippen molar-refractivity contribution in [2.45, 2.75) is 11.3 Å². The maximum Gasteiger partial charge on any atom is 0.313 e. The van der Waals surface area contributed by atoms with Crippen LogP contribution in [-0.4, -0.2) is 56.2 Å². The van der Waals surface area contributed by atoms with E-state index in [4.69, 9.17) is 0 Å². The minimum Gasteiger partial charge on any atom is -0.347 e. The maximum atomic E-state index is 13.6. The number of rotatable bonds is 5. The third-order valence-corrected chi connectivity index (χ3v) is 6.26. The summed E-state index contributed by atoms with van der Waals surface area (Å²) in [6.45, 7) is 0.576. The molecule has 0 radical (unpaired) electrons. The lowest BCUT2D eigenvalue weighted by Crippen LogP contribution is -2.40. The number of carbonyl (C=O) groups is 2. The van der Waals surface area contributed by atoms with Gasteiger partial charge in [0.15, 0.2) is 0 Å². The van der Waals surface area contributed by atoms with Crippen LogP contribution in [0.3, 0.4) is 0 Å². The first-order chi connectivity index (χ1) is 11.3. The smallest absolute Gasteiger partial charge is 0.313 e. The van der Waals surface area contributed by atoms with Crippen molar-refractivity contribution in [3.63, 3.8) is 0 Å². The van der Waals surface area contributed by atoms with Crippen LogP contribution in [0.2, 0.25) is 0 Å². The van der Waals surface area contributed by atoms with E-state index in [0.29, 0.717) is 13.0 Å². The number of amides is 2. The van der Waals surface area contributed by atoms with Crippen LogP contribution in [0.4, 0.5) is 10.1 Å². The molecule has 0 atom stereocenters. The van der Waals surface area contributed by atoms with E-state index in [9.17, 15) is 22.4 Å². The Balaban J connectivity index is 1.87. The van der Waals surface area contributed by atoms with Gasteiger partial charge >= 0.3 is 11.8 Å². The molecular formula is C14H18FN3O4S2. The zero-order chi connectivity index (χ0) is 17.7. The number of halogens is 1. The highest BCUT2D eigenvalue weighted by molar-refractivity contribution is 7.98. The predicted molar refractivity (Wildman–Crippen MR) is 89.8 cm³/mol. The van der Waals surface area contributed by atoms with E-state index >= 15 is 0 Å². The highest BCUT2D eigenvalue weighted by Crippen LogP contribution is 2.27. The summed E-state index contributed by atoms with van der Waals surface area (Å²) in [6, 6.07) is 4.19. The second-order valence-electron chi connectivity index (χ2n) is 5.10. The van der Waals surface area contributed by atoms with Crippen molar-refractivity contribution in [2.24, 2.45) is 0 Å². The van der Waals surface area contributed by atoms with Crippen molar-refractivity contribution in [3.8, 4) is 0 Å². The minimum absolute atomic E-state index is 0.0318. The molecule has 0 spiro atoms. The molecule has 1 aliphatic rings. The van der Waals surface area contributed by atoms with Crippen LogP contribution >= 0.6 is 11.8 Å². The number of hydrogen-bond acceptors (Lipinski definition) is 5. The first kappa shape index (κ1) is 18.7. The Labute approximate surface area is 144 Å². The van der Waals surface area contributed by atoms with Gasteiger partial charge in [0.1, 0.15) is 5.82 Å². The third kappa shape index (κ3) is 4.46. The Kier molecular flexibility index (Phi) is 6.19. The molecule has 24 heavy (non-hydrogen) atoms. The SMILES string of the molecule is CSc1c(F)cccc1NC(=O)C(=O)NCCN1CCCS1(=O)=O. The summed E-state index contributed by atoms with van der Waals surface area (Å²) in [5.41, 5.74) is 0.213. The molecule has 0 saturated carbocycles. The molecule has 0 aromatic heterocycles. The molecule has 132 valence electrons. The molecule has 0 aliphatic carbocycles. The number of sulfonamides is 1. The average Bonchev–Trinajstić information content (AvgIpc) is 2.86. The van der Waals surface area contributed by atoms with E-state index in [0.717, 1.165) is 11.8 Å².